The van der Waals surface area contributed by atoms with Crippen LogP contribution in [0.15, 0.2) is 175 Å². The fourth-order valence-electron chi connectivity index (χ4n) is 15.4. The topological polar surface area (TPSA) is 3.24 Å². The molecule has 0 N–H and O–H groups in total. The second kappa shape index (κ2) is 14.6. The molecule has 0 saturated heterocycles. The largest absolute Gasteiger partial charge is 0.308 e. The zero-order chi connectivity index (χ0) is 50.0. The van der Waals surface area contributed by atoms with Crippen LogP contribution in [0.5, 0.6) is 0 Å². The molecule has 17 rings (SSSR count). The van der Waals surface area contributed by atoms with E-state index in [2.05, 4.69) is 221 Å². The molecule has 1 spiro atoms. The third-order valence-electron chi connectivity index (χ3n) is 19.1. The third kappa shape index (κ3) is 5.10. The Hall–Kier alpha value is -7.12. The van der Waals surface area contributed by atoms with E-state index in [4.69, 9.17) is 0 Å². The smallest absolute Gasteiger partial charge is 0.180 e. The Bertz CT molecular complexity index is 4490. The summed E-state index contributed by atoms with van der Waals surface area (Å²) in [7, 11) is -2.89. The van der Waals surface area contributed by atoms with Gasteiger partial charge in [0.1, 0.15) is 0 Å². The molecule has 1 nitrogen and oxygen atoms in total. The van der Waals surface area contributed by atoms with Crippen LogP contribution >= 0.6 is 34.0 Å². The number of nitrogens with zero attached hydrogens (tertiary/aromatic N) is 1. The van der Waals surface area contributed by atoms with Crippen LogP contribution in [0.4, 0.5) is 17.1 Å². The highest BCUT2D eigenvalue weighted by atomic mass is 32.1. The Labute approximate surface area is 451 Å². The molecule has 0 amide bonds. The molecule has 0 atom stereocenters. The lowest BCUT2D eigenvalue weighted by molar-refractivity contribution is 0.632. The first kappa shape index (κ1) is 43.2. The zero-order valence-electron chi connectivity index (χ0n) is 42.8. The lowest BCUT2D eigenvalue weighted by Crippen LogP contribution is -2.73. The average molecular weight is 1030 g/mol. The minimum Gasteiger partial charge on any atom is -0.308 e. The van der Waals surface area contributed by atoms with Gasteiger partial charge in [0, 0.05) is 36.2 Å². The normalized spacial score (nSPS) is 16.1. The number of hydrogen-bond donors (Lipinski definition) is 0. The van der Waals surface area contributed by atoms with Crippen molar-refractivity contribution in [1.82, 2.24) is 0 Å². The standard InChI is InChI=1S/C70H51NS3Si/c1-38-18-24-44(34-40(38)3)75(45-25-19-39(2)41(4)35-45)60-17-10-7-12-46(60)50-36-56-59(37-61(50)75)71(57-15-9-8-14-51(57)69(56,5)6)58-16-11-13-47-48-27-29-53-64(66(48)74-65(47)58)49-26-22-42-20-21-43-23-28-52(63(49)62(42)43)70(53)54-30-32-72-67(54)68-55(70)31-33-73-68/h7-19,22-37H,20-21H2,1-6H3. The Morgan fingerprint density at radius 2 is 1.09 bits per heavy atom. The summed E-state index contributed by atoms with van der Waals surface area (Å²) in [6, 6.07) is 65.9. The van der Waals surface area contributed by atoms with Gasteiger partial charge in [-0.25, -0.2) is 0 Å². The van der Waals surface area contributed by atoms with Crippen molar-refractivity contribution in [1.29, 1.82) is 0 Å². The molecule has 0 bridgehead atoms. The lowest BCUT2D eigenvalue weighted by Gasteiger charge is -2.43. The van der Waals surface area contributed by atoms with Gasteiger partial charge in [0.05, 0.1) is 27.2 Å². The first-order chi connectivity index (χ1) is 36.6. The molecular formula is C70H51NS3Si. The lowest BCUT2D eigenvalue weighted by atomic mass is 9.61. The van der Waals surface area contributed by atoms with E-state index in [9.17, 15) is 0 Å². The maximum atomic E-state index is 2.70. The van der Waals surface area contributed by atoms with Crippen LogP contribution in [0, 0.1) is 27.7 Å². The molecule has 12 aromatic rings. The van der Waals surface area contributed by atoms with Crippen molar-refractivity contribution in [3.8, 4) is 32.0 Å². The van der Waals surface area contributed by atoms with Crippen LogP contribution in [0.3, 0.4) is 0 Å². The predicted octanol–water partition coefficient (Wildman–Crippen LogP) is 16.5. The number of anilines is 3. The van der Waals surface area contributed by atoms with Crippen LogP contribution in [0.25, 0.3) is 63.0 Å². The predicted molar refractivity (Wildman–Crippen MR) is 325 cm³/mol. The summed E-state index contributed by atoms with van der Waals surface area (Å²) in [5.74, 6) is 0. The number of hydrogen-bond acceptors (Lipinski definition) is 4. The van der Waals surface area contributed by atoms with Crippen molar-refractivity contribution in [3.63, 3.8) is 0 Å². The van der Waals surface area contributed by atoms with Gasteiger partial charge >= 0.3 is 0 Å². The highest BCUT2D eigenvalue weighted by molar-refractivity contribution is 7.27. The van der Waals surface area contributed by atoms with Crippen molar-refractivity contribution in [3.05, 3.63) is 241 Å². The van der Waals surface area contributed by atoms with Crippen molar-refractivity contribution >= 4 is 111 Å². The van der Waals surface area contributed by atoms with Gasteiger partial charge in [0.25, 0.3) is 0 Å². The van der Waals surface area contributed by atoms with E-state index in [0.29, 0.717) is 0 Å². The number of benzene rings is 9. The fraction of sp³-hybridized carbons (Fsp3) is 0.143. The summed E-state index contributed by atoms with van der Waals surface area (Å²) in [5.41, 5.74) is 25.7. The fourth-order valence-corrected chi connectivity index (χ4v) is 24.1. The van der Waals surface area contributed by atoms with Gasteiger partial charge in [-0.1, -0.05) is 141 Å². The van der Waals surface area contributed by atoms with E-state index < -0.39 is 8.07 Å². The van der Waals surface area contributed by atoms with E-state index in [1.165, 1.54) is 168 Å². The first-order valence-electron chi connectivity index (χ1n) is 26.7. The summed E-state index contributed by atoms with van der Waals surface area (Å²) in [5, 5.41) is 16.2. The molecule has 3 aliphatic carbocycles. The number of thiophene rings is 3. The quantitative estimate of drug-likeness (QED) is 0.159. The molecule has 0 saturated carbocycles. The van der Waals surface area contributed by atoms with Crippen LogP contribution in [-0.2, 0) is 23.7 Å². The van der Waals surface area contributed by atoms with Gasteiger partial charge in [-0.3, -0.25) is 0 Å². The second-order valence-corrected chi connectivity index (χ2v) is 29.4. The summed E-state index contributed by atoms with van der Waals surface area (Å²) < 4.78 is 2.73. The van der Waals surface area contributed by atoms with Gasteiger partial charge in [-0.05, 0) is 203 Å². The van der Waals surface area contributed by atoms with Gasteiger partial charge in [-0.2, -0.15) is 0 Å². The first-order valence-corrected chi connectivity index (χ1v) is 31.2. The summed E-state index contributed by atoms with van der Waals surface area (Å²) in [4.78, 5) is 5.57. The van der Waals surface area contributed by atoms with Crippen LogP contribution < -0.4 is 25.6 Å². The van der Waals surface area contributed by atoms with Gasteiger partial charge in [0.2, 0.25) is 0 Å². The molecule has 0 radical (unpaired) electrons. The average Bonchev–Trinajstić information content (AvgIpc) is 4.43. The maximum Gasteiger partial charge on any atom is 0.180 e. The molecule has 0 unspecified atom stereocenters. The minimum atomic E-state index is -2.89. The highest BCUT2D eigenvalue weighted by Gasteiger charge is 2.54. The molecule has 0 fully saturated rings. The number of fused-ring (bicyclic) bond motifs is 18. The number of rotatable bonds is 3. The van der Waals surface area contributed by atoms with E-state index in [0.717, 1.165) is 12.8 Å². The number of para-hydroxylation sites is 1. The third-order valence-corrected chi connectivity index (χ3v) is 27.2. The summed E-state index contributed by atoms with van der Waals surface area (Å²) in [6.45, 7) is 14.0. The van der Waals surface area contributed by atoms with Crippen molar-refractivity contribution in [2.75, 3.05) is 4.90 Å². The Balaban J connectivity index is 0.973. The highest BCUT2D eigenvalue weighted by Crippen LogP contribution is 2.66. The molecule has 75 heavy (non-hydrogen) atoms. The van der Waals surface area contributed by atoms with Crippen molar-refractivity contribution in [2.24, 2.45) is 0 Å². The van der Waals surface area contributed by atoms with Crippen molar-refractivity contribution < 1.29 is 0 Å². The molecule has 5 heterocycles. The van der Waals surface area contributed by atoms with Gasteiger partial charge in [0.15, 0.2) is 8.07 Å². The van der Waals surface area contributed by atoms with E-state index in [1.54, 1.807) is 0 Å². The molecular weight excluding hydrogens is 979 g/mol. The second-order valence-electron chi connectivity index (χ2n) is 22.8. The molecule has 2 aliphatic heterocycles. The van der Waals surface area contributed by atoms with E-state index in [-0.39, 0.29) is 10.8 Å². The van der Waals surface area contributed by atoms with Crippen LogP contribution in [0.1, 0.15) is 80.6 Å². The summed E-state index contributed by atoms with van der Waals surface area (Å²) >= 11 is 5.86. The molecule has 5 aliphatic rings. The SMILES string of the molecule is Cc1ccc([Si]2(c3ccc(C)c(C)c3)c3ccccc3-c3cc4c(cc32)N(c2cccc3c2sc2c5c(ccc23)C2(c3ccsc3-c3sccc32)c2ccc3c6c(ccc-5c26)CC3)c2ccccc2C4(C)C)cc1C. The minimum absolute atomic E-state index is 0.267. The maximum absolute atomic E-state index is 2.89. The molecule has 3 aromatic heterocycles. The van der Waals surface area contributed by atoms with Gasteiger partial charge in [-0.15, -0.1) is 34.0 Å². The van der Waals surface area contributed by atoms with Crippen molar-refractivity contribution in [2.45, 2.75) is 65.2 Å². The van der Waals surface area contributed by atoms with E-state index in [1.807, 2.05) is 34.0 Å². The number of aryl methyl sites for hydroxylation is 6. The Kier molecular flexibility index (Phi) is 8.41. The molecule has 358 valence electrons. The van der Waals surface area contributed by atoms with Crippen LogP contribution in [-0.4, -0.2) is 8.07 Å². The molecule has 5 heteroatoms. The Morgan fingerprint density at radius 1 is 0.440 bits per heavy atom. The summed E-state index contributed by atoms with van der Waals surface area (Å²) in [6.07, 6.45) is 2.23. The monoisotopic (exact) mass is 1030 g/mol. The van der Waals surface area contributed by atoms with Crippen LogP contribution in [0.2, 0.25) is 0 Å². The van der Waals surface area contributed by atoms with E-state index >= 15 is 0 Å². The molecule has 9 aromatic carbocycles. The Morgan fingerprint density at radius 3 is 1.83 bits per heavy atom. The van der Waals surface area contributed by atoms with Gasteiger partial charge < -0.3 is 4.90 Å². The zero-order valence-corrected chi connectivity index (χ0v) is 46.3.